The zero-order valence-electron chi connectivity index (χ0n) is 20.1. The van der Waals surface area contributed by atoms with E-state index in [4.69, 9.17) is 14.6 Å². The number of aromatic carboxylic acids is 1. The van der Waals surface area contributed by atoms with E-state index in [0.717, 1.165) is 16.5 Å². The number of carboxylic acid groups (broad SMARTS) is 1. The minimum absolute atomic E-state index is 0.210. The van der Waals surface area contributed by atoms with Gasteiger partial charge in [0.05, 0.1) is 34.3 Å². The molecule has 0 amide bonds. The predicted octanol–water partition coefficient (Wildman–Crippen LogP) is 6.04. The molecule has 0 aliphatic heterocycles. The SMILES string of the molecule is CCCc1nc2ccc(Br)cc2c(=O)n1N=Cc1cc(Br)c(OCc2ccc(C(=O)O)cc2)c(OC)c1. The Balaban J connectivity index is 1.63. The highest BCUT2D eigenvalue weighted by Gasteiger charge is 2.14. The van der Waals surface area contributed by atoms with Crippen LogP contribution in [0.5, 0.6) is 11.5 Å². The number of benzene rings is 3. The Labute approximate surface area is 229 Å². The number of nitrogens with zero attached hydrogens (tertiary/aromatic N) is 3. The van der Waals surface area contributed by atoms with Gasteiger partial charge in [-0.25, -0.2) is 9.78 Å². The van der Waals surface area contributed by atoms with Crippen LogP contribution in [-0.2, 0) is 13.0 Å². The molecule has 0 aliphatic carbocycles. The summed E-state index contributed by atoms with van der Waals surface area (Å²) in [6.07, 6.45) is 2.99. The predicted molar refractivity (Wildman–Crippen MR) is 149 cm³/mol. The van der Waals surface area contributed by atoms with Gasteiger partial charge in [-0.2, -0.15) is 9.78 Å². The first-order chi connectivity index (χ1) is 17.8. The van der Waals surface area contributed by atoms with Crippen molar-refractivity contribution in [1.82, 2.24) is 9.66 Å². The molecule has 8 nitrogen and oxygen atoms in total. The first-order valence-electron chi connectivity index (χ1n) is 11.4. The standard InChI is InChI=1S/C27H23Br2N3O5/c1-3-4-24-31-22-10-9-19(28)13-20(22)26(33)32(24)30-14-17-11-21(29)25(23(12-17)36-2)37-15-16-5-7-18(8-6-16)27(34)35/h5-14H,3-4,15H2,1-2H3,(H,34,35). The van der Waals surface area contributed by atoms with Crippen LogP contribution in [0.3, 0.4) is 0 Å². The lowest BCUT2D eigenvalue weighted by Gasteiger charge is -2.14. The number of carbonyl (C=O) groups is 1. The van der Waals surface area contributed by atoms with Gasteiger partial charge in [0.25, 0.3) is 5.56 Å². The van der Waals surface area contributed by atoms with Gasteiger partial charge in [-0.1, -0.05) is 35.0 Å². The summed E-state index contributed by atoms with van der Waals surface area (Å²) in [7, 11) is 1.53. The molecule has 0 unspecified atom stereocenters. The van der Waals surface area contributed by atoms with Crippen LogP contribution >= 0.6 is 31.9 Å². The van der Waals surface area contributed by atoms with E-state index >= 15 is 0 Å². The Morgan fingerprint density at radius 3 is 2.57 bits per heavy atom. The lowest BCUT2D eigenvalue weighted by Crippen LogP contribution is -2.22. The first kappa shape index (κ1) is 26.6. The molecule has 10 heteroatoms. The van der Waals surface area contributed by atoms with Crippen LogP contribution in [0.25, 0.3) is 10.9 Å². The number of rotatable bonds is 9. The fourth-order valence-electron chi connectivity index (χ4n) is 3.68. The van der Waals surface area contributed by atoms with Crippen molar-refractivity contribution < 1.29 is 19.4 Å². The largest absolute Gasteiger partial charge is 0.493 e. The molecule has 0 radical (unpaired) electrons. The molecular weight excluding hydrogens is 606 g/mol. The highest BCUT2D eigenvalue weighted by molar-refractivity contribution is 9.10. The summed E-state index contributed by atoms with van der Waals surface area (Å²) in [6, 6.07) is 15.4. The van der Waals surface area contributed by atoms with E-state index in [2.05, 4.69) is 41.9 Å². The number of carboxylic acids is 1. The molecule has 0 saturated heterocycles. The molecule has 190 valence electrons. The van der Waals surface area contributed by atoms with E-state index in [1.807, 2.05) is 25.1 Å². The van der Waals surface area contributed by atoms with Crippen LogP contribution < -0.4 is 15.0 Å². The smallest absolute Gasteiger partial charge is 0.335 e. The van der Waals surface area contributed by atoms with Crippen LogP contribution in [0.2, 0.25) is 0 Å². The normalized spacial score (nSPS) is 11.2. The summed E-state index contributed by atoms with van der Waals surface area (Å²) in [5, 5.41) is 14.0. The number of fused-ring (bicyclic) bond motifs is 1. The molecule has 0 bridgehead atoms. The average Bonchev–Trinajstić information content (AvgIpc) is 2.88. The maximum atomic E-state index is 13.2. The second kappa shape index (κ2) is 11.7. The van der Waals surface area contributed by atoms with Gasteiger partial charge in [0, 0.05) is 10.9 Å². The fraction of sp³-hybridized carbons (Fsp3) is 0.185. The van der Waals surface area contributed by atoms with Gasteiger partial charge in [-0.3, -0.25) is 4.79 Å². The Bertz CT molecular complexity index is 1550. The van der Waals surface area contributed by atoms with Crippen LogP contribution in [0.15, 0.2) is 73.4 Å². The van der Waals surface area contributed by atoms with Gasteiger partial charge in [0.1, 0.15) is 12.4 Å². The molecule has 0 atom stereocenters. The van der Waals surface area contributed by atoms with Crippen molar-refractivity contribution in [3.05, 3.63) is 96.4 Å². The Kier molecular flexibility index (Phi) is 8.40. The third-order valence-electron chi connectivity index (χ3n) is 5.51. The van der Waals surface area contributed by atoms with Crippen molar-refractivity contribution in [2.45, 2.75) is 26.4 Å². The van der Waals surface area contributed by atoms with Crippen molar-refractivity contribution in [1.29, 1.82) is 0 Å². The minimum atomic E-state index is -0.981. The molecule has 0 fully saturated rings. The van der Waals surface area contributed by atoms with Crippen molar-refractivity contribution in [3.8, 4) is 11.5 Å². The average molecular weight is 629 g/mol. The lowest BCUT2D eigenvalue weighted by molar-refractivity contribution is 0.0697. The van der Waals surface area contributed by atoms with Crippen LogP contribution in [0, 0.1) is 0 Å². The number of halogens is 2. The third-order valence-corrected chi connectivity index (χ3v) is 6.59. The van der Waals surface area contributed by atoms with E-state index in [-0.39, 0.29) is 17.7 Å². The molecule has 4 rings (SSSR count). The van der Waals surface area contributed by atoms with Crippen LogP contribution in [0.4, 0.5) is 0 Å². The molecule has 3 aromatic carbocycles. The fourth-order valence-corrected chi connectivity index (χ4v) is 4.61. The molecule has 0 saturated carbocycles. The molecule has 0 spiro atoms. The van der Waals surface area contributed by atoms with Gasteiger partial charge >= 0.3 is 5.97 Å². The topological polar surface area (TPSA) is 103 Å². The second-order valence-electron chi connectivity index (χ2n) is 8.13. The third kappa shape index (κ3) is 6.08. The molecule has 37 heavy (non-hydrogen) atoms. The lowest BCUT2D eigenvalue weighted by atomic mass is 10.1. The summed E-state index contributed by atoms with van der Waals surface area (Å²) in [6.45, 7) is 2.24. The maximum Gasteiger partial charge on any atom is 0.335 e. The van der Waals surface area contributed by atoms with E-state index in [0.29, 0.717) is 44.7 Å². The zero-order chi connectivity index (χ0) is 26.5. The quantitative estimate of drug-likeness (QED) is 0.227. The summed E-state index contributed by atoms with van der Waals surface area (Å²) in [4.78, 5) is 28.9. The summed E-state index contributed by atoms with van der Waals surface area (Å²) >= 11 is 6.95. The van der Waals surface area contributed by atoms with Crippen molar-refractivity contribution >= 4 is 54.9 Å². The van der Waals surface area contributed by atoms with Gasteiger partial charge < -0.3 is 14.6 Å². The van der Waals surface area contributed by atoms with E-state index in [1.165, 1.54) is 23.9 Å². The monoisotopic (exact) mass is 627 g/mol. The number of ether oxygens (including phenoxy) is 2. The molecule has 1 heterocycles. The van der Waals surface area contributed by atoms with E-state index in [9.17, 15) is 9.59 Å². The van der Waals surface area contributed by atoms with E-state index in [1.54, 1.807) is 30.5 Å². The summed E-state index contributed by atoms with van der Waals surface area (Å²) in [5.74, 6) is 0.562. The number of hydrogen-bond acceptors (Lipinski definition) is 6. The molecule has 4 aromatic rings. The summed E-state index contributed by atoms with van der Waals surface area (Å²) < 4.78 is 14.3. The highest BCUT2D eigenvalue weighted by atomic mass is 79.9. The van der Waals surface area contributed by atoms with Crippen LogP contribution in [-0.4, -0.2) is 34.1 Å². The van der Waals surface area contributed by atoms with Crippen molar-refractivity contribution in [2.75, 3.05) is 7.11 Å². The molecule has 0 aliphatic rings. The second-order valence-corrected chi connectivity index (χ2v) is 9.90. The summed E-state index contributed by atoms with van der Waals surface area (Å²) in [5.41, 5.74) is 2.09. The maximum absolute atomic E-state index is 13.2. The van der Waals surface area contributed by atoms with Gasteiger partial charge in [-0.05, 0) is 75.9 Å². The molecular formula is C27H23Br2N3O5. The van der Waals surface area contributed by atoms with Gasteiger partial charge in [-0.15, -0.1) is 0 Å². The van der Waals surface area contributed by atoms with Gasteiger partial charge in [0.15, 0.2) is 11.5 Å². The Hall–Kier alpha value is -3.50. The number of aromatic nitrogens is 2. The number of methoxy groups -OCH3 is 1. The minimum Gasteiger partial charge on any atom is -0.493 e. The highest BCUT2D eigenvalue weighted by Crippen LogP contribution is 2.37. The van der Waals surface area contributed by atoms with Gasteiger partial charge in [0.2, 0.25) is 0 Å². The number of aryl methyl sites for hydroxylation is 1. The van der Waals surface area contributed by atoms with Crippen molar-refractivity contribution in [3.63, 3.8) is 0 Å². The Morgan fingerprint density at radius 2 is 1.89 bits per heavy atom. The zero-order valence-corrected chi connectivity index (χ0v) is 23.2. The number of hydrogen-bond donors (Lipinski definition) is 1. The first-order valence-corrected chi connectivity index (χ1v) is 13.0. The van der Waals surface area contributed by atoms with E-state index < -0.39 is 5.97 Å². The van der Waals surface area contributed by atoms with Crippen molar-refractivity contribution in [2.24, 2.45) is 5.10 Å². The van der Waals surface area contributed by atoms with Crippen LogP contribution in [0.1, 0.15) is 40.7 Å². The molecule has 1 N–H and O–H groups in total. The Morgan fingerprint density at radius 1 is 1.14 bits per heavy atom. The molecule has 1 aromatic heterocycles.